The molecule has 2 aromatic carbocycles. The maximum atomic E-state index is 13.1. The molecule has 4 rings (SSSR count). The van der Waals surface area contributed by atoms with E-state index in [1.807, 2.05) is 36.4 Å². The number of fused-ring (bicyclic) bond motifs is 1. The zero-order valence-corrected chi connectivity index (χ0v) is 18.6. The number of carbonyl (C=O) groups excluding carboxylic acids is 2. The molecular weight excluding hydrogens is 410 g/mol. The number of hydrogen-bond acceptors (Lipinski definition) is 4. The first kappa shape index (κ1) is 21.2. The van der Waals surface area contributed by atoms with Crippen molar-refractivity contribution in [2.24, 2.45) is 0 Å². The topological polar surface area (TPSA) is 72.5 Å². The van der Waals surface area contributed by atoms with Crippen molar-refractivity contribution in [3.8, 4) is 0 Å². The Hall–Kier alpha value is -1.50. The summed E-state index contributed by atoms with van der Waals surface area (Å²) in [5.74, 6) is -1.83. The normalized spacial score (nSPS) is 20.7. The number of para-hydroxylation sites is 1. The second-order valence-corrected chi connectivity index (χ2v) is 7.41. The summed E-state index contributed by atoms with van der Waals surface area (Å²) < 4.78 is 0. The molecular formula is C20H15Cl2N2NaO3. The number of amides is 1. The minimum absolute atomic E-state index is 0. The van der Waals surface area contributed by atoms with Crippen LogP contribution in [0.25, 0.3) is 0 Å². The Morgan fingerprint density at radius 3 is 2.57 bits per heavy atom. The summed E-state index contributed by atoms with van der Waals surface area (Å²) >= 11 is 12.5. The molecule has 0 spiro atoms. The average Bonchev–Trinajstić information content (AvgIpc) is 3.02. The van der Waals surface area contributed by atoms with Crippen molar-refractivity contribution in [3.63, 3.8) is 0 Å². The van der Waals surface area contributed by atoms with Crippen LogP contribution in [-0.4, -0.2) is 24.5 Å². The third-order valence-corrected chi connectivity index (χ3v) is 5.49. The van der Waals surface area contributed by atoms with Crippen LogP contribution in [-0.2, 0) is 9.59 Å². The zero-order chi connectivity index (χ0) is 19.1. The second-order valence-electron chi connectivity index (χ2n) is 6.56. The average molecular weight is 425 g/mol. The number of carboxylic acid groups (broad SMARTS) is 1. The van der Waals surface area contributed by atoms with Gasteiger partial charge in [0.15, 0.2) is 0 Å². The number of halogens is 2. The Labute approximate surface area is 194 Å². The zero-order valence-electron chi connectivity index (χ0n) is 15.1. The Morgan fingerprint density at radius 1 is 1.18 bits per heavy atom. The van der Waals surface area contributed by atoms with Crippen molar-refractivity contribution in [3.05, 3.63) is 69.7 Å². The Balaban J connectivity index is 0.00000225. The fourth-order valence-corrected chi connectivity index (χ4v) is 4.36. The summed E-state index contributed by atoms with van der Waals surface area (Å²) in [6, 6.07) is 11.6. The van der Waals surface area contributed by atoms with E-state index in [1.165, 1.54) is 0 Å². The quantitative estimate of drug-likeness (QED) is 0.703. The van der Waals surface area contributed by atoms with Gasteiger partial charge in [-0.3, -0.25) is 4.79 Å². The van der Waals surface area contributed by atoms with Crippen molar-refractivity contribution in [1.82, 2.24) is 0 Å². The summed E-state index contributed by atoms with van der Waals surface area (Å²) in [6.45, 7) is 0.429. The maximum Gasteiger partial charge on any atom is 1.00 e. The van der Waals surface area contributed by atoms with Gasteiger partial charge in [-0.15, -0.1) is 0 Å². The van der Waals surface area contributed by atoms with Gasteiger partial charge in [0.2, 0.25) is 0 Å². The van der Waals surface area contributed by atoms with Crippen molar-refractivity contribution >= 4 is 46.5 Å². The number of benzene rings is 2. The maximum absolute atomic E-state index is 13.1. The first-order chi connectivity index (χ1) is 13.0. The van der Waals surface area contributed by atoms with Gasteiger partial charge in [-0.2, -0.15) is 0 Å². The van der Waals surface area contributed by atoms with E-state index in [0.29, 0.717) is 33.4 Å². The van der Waals surface area contributed by atoms with E-state index in [1.54, 1.807) is 17.0 Å². The molecule has 0 bridgehead atoms. The van der Waals surface area contributed by atoms with Crippen molar-refractivity contribution in [2.45, 2.75) is 18.4 Å². The standard InChI is InChI=1S/C20H16Cl2N2O3.Na/c21-11-8-15(22)18-14(10-17(20(26)27)23-16(18)9-11)13-6-7-24(19(13)25)12-4-2-1-3-5-12;/h1-6,8-9,14,17,23H,7,10H2,(H,26,27);/q;+1/p-1. The largest absolute Gasteiger partial charge is 1.00 e. The van der Waals surface area contributed by atoms with Crippen molar-refractivity contribution < 1.29 is 44.3 Å². The van der Waals surface area contributed by atoms with Gasteiger partial charge < -0.3 is 20.1 Å². The van der Waals surface area contributed by atoms with Crippen LogP contribution in [0.1, 0.15) is 17.9 Å². The number of carboxylic acids is 1. The van der Waals surface area contributed by atoms with Crippen LogP contribution in [0.2, 0.25) is 10.0 Å². The monoisotopic (exact) mass is 424 g/mol. The molecule has 0 radical (unpaired) electrons. The molecule has 1 amide bonds. The molecule has 0 aromatic heterocycles. The van der Waals surface area contributed by atoms with Crippen molar-refractivity contribution in [2.75, 3.05) is 16.8 Å². The van der Waals surface area contributed by atoms with Crippen molar-refractivity contribution in [1.29, 1.82) is 0 Å². The predicted octanol–water partition coefficient (Wildman–Crippen LogP) is -0.0117. The minimum Gasteiger partial charge on any atom is -0.548 e. The Kier molecular flexibility index (Phi) is 6.42. The number of carbonyl (C=O) groups is 2. The van der Waals surface area contributed by atoms with Crippen LogP contribution < -0.4 is 44.9 Å². The van der Waals surface area contributed by atoms with Gasteiger partial charge in [0.1, 0.15) is 0 Å². The van der Waals surface area contributed by atoms with Gasteiger partial charge in [0.05, 0.1) is 12.0 Å². The van der Waals surface area contributed by atoms with Crippen LogP contribution in [0.15, 0.2) is 54.1 Å². The van der Waals surface area contributed by atoms with E-state index in [0.717, 1.165) is 5.69 Å². The molecule has 0 aliphatic carbocycles. The van der Waals surface area contributed by atoms with Gasteiger partial charge in [0.25, 0.3) is 5.91 Å². The van der Waals surface area contributed by atoms with Gasteiger partial charge in [-0.25, -0.2) is 0 Å². The van der Waals surface area contributed by atoms with E-state index in [9.17, 15) is 14.7 Å². The molecule has 8 heteroatoms. The predicted molar refractivity (Wildman–Crippen MR) is 103 cm³/mol. The van der Waals surface area contributed by atoms with E-state index in [4.69, 9.17) is 23.2 Å². The first-order valence-corrected chi connectivity index (χ1v) is 9.24. The minimum atomic E-state index is -1.23. The Morgan fingerprint density at radius 2 is 1.89 bits per heavy atom. The van der Waals surface area contributed by atoms with Gasteiger partial charge in [-0.05, 0) is 30.7 Å². The molecule has 2 aliphatic rings. The number of nitrogens with zero attached hydrogens (tertiary/aromatic N) is 1. The molecule has 2 aliphatic heterocycles. The molecule has 2 atom stereocenters. The Bertz CT molecular complexity index is 965. The molecule has 0 saturated heterocycles. The molecule has 28 heavy (non-hydrogen) atoms. The van der Waals surface area contributed by atoms with Crippen LogP contribution in [0.4, 0.5) is 11.4 Å². The summed E-state index contributed by atoms with van der Waals surface area (Å²) in [4.78, 5) is 26.2. The summed E-state index contributed by atoms with van der Waals surface area (Å²) in [6.07, 6.45) is 2.02. The molecule has 5 nitrogen and oxygen atoms in total. The fourth-order valence-electron chi connectivity index (χ4n) is 3.73. The number of nitrogens with one attached hydrogen (secondary N) is 1. The number of anilines is 2. The van der Waals surface area contributed by atoms with Crippen LogP contribution in [0.3, 0.4) is 0 Å². The molecule has 2 aromatic rings. The van der Waals surface area contributed by atoms with Gasteiger partial charge >= 0.3 is 29.6 Å². The summed E-state index contributed by atoms with van der Waals surface area (Å²) in [7, 11) is 0. The van der Waals surface area contributed by atoms with E-state index in [2.05, 4.69) is 5.32 Å². The fraction of sp³-hybridized carbons (Fsp3) is 0.200. The SMILES string of the molecule is O=C([O-])C1CC(C2=CCN(c3ccccc3)C2=O)c2c(Cl)cc(Cl)cc2N1.[Na+]. The molecule has 0 fully saturated rings. The van der Waals surface area contributed by atoms with E-state index < -0.39 is 17.9 Å². The smallest absolute Gasteiger partial charge is 0.548 e. The van der Waals surface area contributed by atoms with Crippen LogP contribution in [0, 0.1) is 0 Å². The van der Waals surface area contributed by atoms with Crippen LogP contribution >= 0.6 is 23.2 Å². The molecule has 0 saturated carbocycles. The third-order valence-electron chi connectivity index (χ3n) is 4.96. The molecule has 138 valence electrons. The van der Waals surface area contributed by atoms with E-state index in [-0.39, 0.29) is 41.9 Å². The number of aliphatic carboxylic acids is 1. The number of rotatable bonds is 3. The molecule has 1 N–H and O–H groups in total. The first-order valence-electron chi connectivity index (χ1n) is 8.49. The van der Waals surface area contributed by atoms with Gasteiger partial charge in [-0.1, -0.05) is 47.5 Å². The second kappa shape index (κ2) is 8.47. The summed E-state index contributed by atoms with van der Waals surface area (Å²) in [5, 5.41) is 15.2. The molecule has 2 unspecified atom stereocenters. The van der Waals surface area contributed by atoms with Gasteiger partial charge in [0, 0.05) is 45.0 Å². The summed E-state index contributed by atoms with van der Waals surface area (Å²) in [5.41, 5.74) is 2.54. The van der Waals surface area contributed by atoms with Crippen LogP contribution in [0.5, 0.6) is 0 Å². The number of hydrogen-bond donors (Lipinski definition) is 1. The molecule has 2 heterocycles. The van der Waals surface area contributed by atoms with E-state index >= 15 is 0 Å². The third kappa shape index (κ3) is 3.82.